The van der Waals surface area contributed by atoms with Gasteiger partial charge in [-0.3, -0.25) is 0 Å². The molecule has 1 saturated carbocycles. The van der Waals surface area contributed by atoms with Crippen molar-refractivity contribution in [1.82, 2.24) is 5.32 Å². The number of rotatable bonds is 5. The van der Waals surface area contributed by atoms with Crippen LogP contribution in [0.15, 0.2) is 30.3 Å². The molecule has 1 aromatic carbocycles. The maximum Gasteiger partial charge on any atom is 0.0205 e. The highest BCUT2D eigenvalue weighted by atomic mass is 14.9. The van der Waals surface area contributed by atoms with Crippen molar-refractivity contribution >= 4 is 0 Å². The first-order valence-corrected chi connectivity index (χ1v) is 7.14. The Kier molecular flexibility index (Phi) is 5.06. The average molecular weight is 231 g/mol. The molecular formula is C16H25N. The van der Waals surface area contributed by atoms with Gasteiger partial charge in [-0.25, -0.2) is 0 Å². The minimum atomic E-state index is 0.914. The third-order valence-corrected chi connectivity index (χ3v) is 4.17. The van der Waals surface area contributed by atoms with Gasteiger partial charge in [-0.2, -0.15) is 0 Å². The molecule has 2 rings (SSSR count). The molecule has 0 saturated heterocycles. The summed E-state index contributed by atoms with van der Waals surface area (Å²) in [5, 5.41) is 3.64. The van der Waals surface area contributed by atoms with E-state index >= 15 is 0 Å². The van der Waals surface area contributed by atoms with Gasteiger partial charge in [-0.05, 0) is 30.4 Å². The zero-order chi connectivity index (χ0) is 11.9. The van der Waals surface area contributed by atoms with E-state index in [2.05, 4.69) is 42.6 Å². The monoisotopic (exact) mass is 231 g/mol. The molecule has 2 unspecified atom stereocenters. The SMILES string of the molecule is CCC1CCCCC1CNCc1ccccc1. The van der Waals surface area contributed by atoms with E-state index in [0.29, 0.717) is 0 Å². The molecule has 0 aromatic heterocycles. The van der Waals surface area contributed by atoms with E-state index < -0.39 is 0 Å². The molecule has 0 bridgehead atoms. The third-order valence-electron chi connectivity index (χ3n) is 4.17. The van der Waals surface area contributed by atoms with Gasteiger partial charge in [0, 0.05) is 6.54 Å². The second kappa shape index (κ2) is 6.80. The summed E-state index contributed by atoms with van der Waals surface area (Å²) in [5.41, 5.74) is 1.40. The zero-order valence-corrected chi connectivity index (χ0v) is 11.0. The second-order valence-electron chi connectivity index (χ2n) is 5.33. The third kappa shape index (κ3) is 3.85. The first-order valence-electron chi connectivity index (χ1n) is 7.14. The van der Waals surface area contributed by atoms with Crippen molar-refractivity contribution in [3.63, 3.8) is 0 Å². The van der Waals surface area contributed by atoms with Gasteiger partial charge in [-0.15, -0.1) is 0 Å². The van der Waals surface area contributed by atoms with Crippen LogP contribution in [0.3, 0.4) is 0 Å². The molecule has 1 N–H and O–H groups in total. The summed E-state index contributed by atoms with van der Waals surface area (Å²) in [7, 11) is 0. The Hall–Kier alpha value is -0.820. The normalized spacial score (nSPS) is 24.8. The van der Waals surface area contributed by atoms with Gasteiger partial charge in [-0.1, -0.05) is 62.9 Å². The Morgan fingerprint density at radius 1 is 1.06 bits per heavy atom. The highest BCUT2D eigenvalue weighted by molar-refractivity contribution is 5.14. The maximum absolute atomic E-state index is 3.64. The van der Waals surface area contributed by atoms with Gasteiger partial charge in [0.15, 0.2) is 0 Å². The summed E-state index contributed by atoms with van der Waals surface area (Å²) in [5.74, 6) is 1.88. The van der Waals surface area contributed by atoms with Gasteiger partial charge < -0.3 is 5.32 Å². The summed E-state index contributed by atoms with van der Waals surface area (Å²) >= 11 is 0. The van der Waals surface area contributed by atoms with Gasteiger partial charge in [0.2, 0.25) is 0 Å². The fourth-order valence-corrected chi connectivity index (χ4v) is 3.09. The molecule has 1 fully saturated rings. The summed E-state index contributed by atoms with van der Waals surface area (Å²) < 4.78 is 0. The average Bonchev–Trinajstić information content (AvgIpc) is 2.40. The van der Waals surface area contributed by atoms with Crippen molar-refractivity contribution in [2.45, 2.75) is 45.6 Å². The number of benzene rings is 1. The summed E-state index contributed by atoms with van der Waals surface area (Å²) in [6.45, 7) is 4.57. The predicted molar refractivity (Wildman–Crippen MR) is 73.9 cm³/mol. The van der Waals surface area contributed by atoms with Crippen molar-refractivity contribution in [1.29, 1.82) is 0 Å². The minimum absolute atomic E-state index is 0.914. The van der Waals surface area contributed by atoms with Crippen LogP contribution in [-0.4, -0.2) is 6.54 Å². The largest absolute Gasteiger partial charge is 0.312 e. The molecule has 17 heavy (non-hydrogen) atoms. The molecule has 0 spiro atoms. The Labute approximate surface area is 106 Å². The van der Waals surface area contributed by atoms with Crippen LogP contribution in [0.4, 0.5) is 0 Å². The van der Waals surface area contributed by atoms with E-state index in [1.54, 1.807) is 0 Å². The maximum atomic E-state index is 3.64. The zero-order valence-electron chi connectivity index (χ0n) is 11.0. The van der Waals surface area contributed by atoms with Crippen LogP contribution < -0.4 is 5.32 Å². The van der Waals surface area contributed by atoms with Crippen LogP contribution in [0.1, 0.15) is 44.6 Å². The lowest BCUT2D eigenvalue weighted by molar-refractivity contribution is 0.223. The van der Waals surface area contributed by atoms with Crippen LogP contribution in [0.25, 0.3) is 0 Å². The highest BCUT2D eigenvalue weighted by Gasteiger charge is 2.22. The topological polar surface area (TPSA) is 12.0 Å². The van der Waals surface area contributed by atoms with E-state index in [-0.39, 0.29) is 0 Å². The lowest BCUT2D eigenvalue weighted by Crippen LogP contribution is -2.30. The Morgan fingerprint density at radius 3 is 2.47 bits per heavy atom. The van der Waals surface area contributed by atoms with Gasteiger partial charge in [0.1, 0.15) is 0 Å². The fraction of sp³-hybridized carbons (Fsp3) is 0.625. The van der Waals surface area contributed by atoms with Crippen molar-refractivity contribution in [2.24, 2.45) is 11.8 Å². The smallest absolute Gasteiger partial charge is 0.0205 e. The second-order valence-corrected chi connectivity index (χ2v) is 5.33. The lowest BCUT2D eigenvalue weighted by Gasteiger charge is -2.31. The molecule has 2 atom stereocenters. The highest BCUT2D eigenvalue weighted by Crippen LogP contribution is 2.31. The van der Waals surface area contributed by atoms with Crippen LogP contribution in [0, 0.1) is 11.8 Å². The molecule has 1 nitrogen and oxygen atoms in total. The lowest BCUT2D eigenvalue weighted by atomic mass is 9.78. The summed E-state index contributed by atoms with van der Waals surface area (Å²) in [4.78, 5) is 0. The molecule has 1 heteroatoms. The Morgan fingerprint density at radius 2 is 1.76 bits per heavy atom. The van der Waals surface area contributed by atoms with Crippen LogP contribution in [0.5, 0.6) is 0 Å². The number of hydrogen-bond donors (Lipinski definition) is 1. The Bertz CT molecular complexity index is 307. The summed E-state index contributed by atoms with van der Waals surface area (Å²) in [6, 6.07) is 10.7. The predicted octanol–water partition coefficient (Wildman–Crippen LogP) is 3.99. The molecule has 0 radical (unpaired) electrons. The van der Waals surface area contributed by atoms with Crippen LogP contribution in [0.2, 0.25) is 0 Å². The fourth-order valence-electron chi connectivity index (χ4n) is 3.09. The van der Waals surface area contributed by atoms with Crippen molar-refractivity contribution < 1.29 is 0 Å². The van der Waals surface area contributed by atoms with E-state index in [4.69, 9.17) is 0 Å². The van der Waals surface area contributed by atoms with Crippen molar-refractivity contribution in [3.8, 4) is 0 Å². The molecule has 0 heterocycles. The van der Waals surface area contributed by atoms with Gasteiger partial charge >= 0.3 is 0 Å². The van der Waals surface area contributed by atoms with E-state index in [1.807, 2.05) is 0 Å². The molecule has 0 aliphatic heterocycles. The molecule has 0 amide bonds. The van der Waals surface area contributed by atoms with Gasteiger partial charge in [0.25, 0.3) is 0 Å². The summed E-state index contributed by atoms with van der Waals surface area (Å²) in [6.07, 6.45) is 7.13. The molecule has 94 valence electrons. The van der Waals surface area contributed by atoms with Crippen molar-refractivity contribution in [3.05, 3.63) is 35.9 Å². The molecule has 1 aliphatic carbocycles. The first kappa shape index (κ1) is 12.6. The van der Waals surface area contributed by atoms with E-state index in [1.165, 1.54) is 44.2 Å². The Balaban J connectivity index is 1.74. The standard InChI is InChI=1S/C16H25N/c1-2-15-10-6-7-11-16(15)13-17-12-14-8-4-3-5-9-14/h3-5,8-9,15-17H,2,6-7,10-13H2,1H3. The quantitative estimate of drug-likeness (QED) is 0.808. The van der Waals surface area contributed by atoms with Gasteiger partial charge in [0.05, 0.1) is 0 Å². The van der Waals surface area contributed by atoms with Crippen LogP contribution >= 0.6 is 0 Å². The molecular weight excluding hydrogens is 206 g/mol. The number of nitrogens with one attached hydrogen (secondary N) is 1. The van der Waals surface area contributed by atoms with Crippen LogP contribution in [-0.2, 0) is 6.54 Å². The van der Waals surface area contributed by atoms with Crippen molar-refractivity contribution in [2.75, 3.05) is 6.54 Å². The molecule has 1 aliphatic rings. The number of hydrogen-bond acceptors (Lipinski definition) is 1. The van der Waals surface area contributed by atoms with E-state index in [9.17, 15) is 0 Å². The van der Waals surface area contributed by atoms with E-state index in [0.717, 1.165) is 18.4 Å². The first-order chi connectivity index (χ1) is 8.40. The molecule has 1 aromatic rings. The minimum Gasteiger partial charge on any atom is -0.312 e.